The lowest BCUT2D eigenvalue weighted by Gasteiger charge is -2.22. The van der Waals surface area contributed by atoms with Crippen LogP contribution in [-0.4, -0.2) is 29.0 Å². The van der Waals surface area contributed by atoms with Crippen LogP contribution in [0.2, 0.25) is 0 Å². The molecule has 15 heavy (non-hydrogen) atoms. The van der Waals surface area contributed by atoms with Crippen LogP contribution in [0.15, 0.2) is 5.38 Å². The van der Waals surface area contributed by atoms with Crippen molar-refractivity contribution in [3.63, 3.8) is 0 Å². The summed E-state index contributed by atoms with van der Waals surface area (Å²) < 4.78 is 0. The van der Waals surface area contributed by atoms with E-state index in [0.717, 1.165) is 24.7 Å². The lowest BCUT2D eigenvalue weighted by atomic mass is 10.1. The molecule has 1 aromatic heterocycles. The molecule has 0 bridgehead atoms. The van der Waals surface area contributed by atoms with Gasteiger partial charge in [0, 0.05) is 24.4 Å². The summed E-state index contributed by atoms with van der Waals surface area (Å²) in [4.78, 5) is 6.88. The molecule has 1 aliphatic rings. The van der Waals surface area contributed by atoms with Crippen molar-refractivity contribution in [2.24, 2.45) is 0 Å². The first kappa shape index (κ1) is 10.9. The molecule has 1 aromatic rings. The number of aromatic nitrogens is 1. The summed E-state index contributed by atoms with van der Waals surface area (Å²) in [6.07, 6.45) is 5.05. The monoisotopic (exact) mass is 225 g/mol. The van der Waals surface area contributed by atoms with Crippen LogP contribution in [-0.2, 0) is 6.42 Å². The maximum atomic E-state index is 5.61. The van der Waals surface area contributed by atoms with Gasteiger partial charge in [0.2, 0.25) is 0 Å². The summed E-state index contributed by atoms with van der Waals surface area (Å²) in [5.74, 6) is 0. The molecule has 2 heterocycles. The van der Waals surface area contributed by atoms with E-state index in [-0.39, 0.29) is 0 Å². The molecular formula is C11H19N3S. The van der Waals surface area contributed by atoms with E-state index in [1.807, 2.05) is 0 Å². The maximum Gasteiger partial charge on any atom is 0.180 e. The van der Waals surface area contributed by atoms with E-state index in [4.69, 9.17) is 5.73 Å². The smallest absolute Gasteiger partial charge is 0.180 e. The third kappa shape index (κ3) is 2.69. The van der Waals surface area contributed by atoms with E-state index in [9.17, 15) is 0 Å². The van der Waals surface area contributed by atoms with Crippen LogP contribution >= 0.6 is 11.3 Å². The van der Waals surface area contributed by atoms with Crippen molar-refractivity contribution in [1.82, 2.24) is 9.88 Å². The molecule has 84 valence electrons. The molecule has 0 amide bonds. The largest absolute Gasteiger partial charge is 0.375 e. The van der Waals surface area contributed by atoms with Crippen LogP contribution in [0.5, 0.6) is 0 Å². The summed E-state index contributed by atoms with van der Waals surface area (Å²) in [5.41, 5.74) is 6.76. The van der Waals surface area contributed by atoms with E-state index in [0.29, 0.717) is 5.13 Å². The predicted molar refractivity (Wildman–Crippen MR) is 65.1 cm³/mol. The predicted octanol–water partition coefficient (Wildman–Crippen LogP) is 2.14. The topological polar surface area (TPSA) is 42.1 Å². The molecular weight excluding hydrogens is 206 g/mol. The highest BCUT2D eigenvalue weighted by molar-refractivity contribution is 7.13. The average Bonchev–Trinajstić information content (AvgIpc) is 2.83. The van der Waals surface area contributed by atoms with Gasteiger partial charge in [0.15, 0.2) is 5.13 Å². The number of nitrogen functional groups attached to an aromatic ring is 1. The number of hydrogen-bond acceptors (Lipinski definition) is 4. The van der Waals surface area contributed by atoms with Crippen molar-refractivity contribution < 1.29 is 0 Å². The van der Waals surface area contributed by atoms with Crippen molar-refractivity contribution in [3.8, 4) is 0 Å². The molecule has 0 spiro atoms. The molecule has 3 nitrogen and oxygen atoms in total. The number of rotatable bonds is 4. The number of hydrogen-bond donors (Lipinski definition) is 1. The maximum absolute atomic E-state index is 5.61. The van der Waals surface area contributed by atoms with Crippen LogP contribution < -0.4 is 5.73 Å². The van der Waals surface area contributed by atoms with Gasteiger partial charge in [-0.3, -0.25) is 0 Å². The minimum Gasteiger partial charge on any atom is -0.375 e. The quantitative estimate of drug-likeness (QED) is 0.853. The van der Waals surface area contributed by atoms with Crippen LogP contribution in [0.4, 0.5) is 5.13 Å². The first-order chi connectivity index (χ1) is 7.29. The molecule has 2 N–H and O–H groups in total. The Kier molecular flexibility index (Phi) is 3.59. The van der Waals surface area contributed by atoms with Crippen molar-refractivity contribution in [3.05, 3.63) is 11.1 Å². The van der Waals surface area contributed by atoms with Gasteiger partial charge in [-0.25, -0.2) is 4.98 Å². The van der Waals surface area contributed by atoms with Gasteiger partial charge in [-0.2, -0.15) is 0 Å². The van der Waals surface area contributed by atoms with Gasteiger partial charge >= 0.3 is 0 Å². The highest BCUT2D eigenvalue weighted by Crippen LogP contribution is 2.20. The zero-order valence-electron chi connectivity index (χ0n) is 9.28. The van der Waals surface area contributed by atoms with Gasteiger partial charge in [-0.15, -0.1) is 11.3 Å². The normalized spacial score (nSPS) is 22.3. The highest BCUT2D eigenvalue weighted by Gasteiger charge is 2.22. The first-order valence-corrected chi connectivity index (χ1v) is 6.61. The molecule has 0 saturated carbocycles. The van der Waals surface area contributed by atoms with E-state index in [1.165, 1.54) is 25.8 Å². The second-order valence-corrected chi connectivity index (χ2v) is 5.06. The Hall–Kier alpha value is -0.610. The fraction of sp³-hybridized carbons (Fsp3) is 0.727. The molecule has 0 radical (unpaired) electrons. The Morgan fingerprint density at radius 2 is 2.53 bits per heavy atom. The summed E-state index contributed by atoms with van der Waals surface area (Å²) >= 11 is 1.54. The fourth-order valence-electron chi connectivity index (χ4n) is 2.35. The molecule has 1 saturated heterocycles. The van der Waals surface area contributed by atoms with Crippen LogP contribution in [0, 0.1) is 0 Å². The van der Waals surface area contributed by atoms with E-state index in [1.54, 1.807) is 11.3 Å². The molecule has 1 unspecified atom stereocenters. The van der Waals surface area contributed by atoms with Gasteiger partial charge in [0.05, 0.1) is 5.69 Å². The van der Waals surface area contributed by atoms with Crippen LogP contribution in [0.1, 0.15) is 31.9 Å². The Labute approximate surface area is 95.3 Å². The number of anilines is 1. The van der Waals surface area contributed by atoms with E-state index < -0.39 is 0 Å². The van der Waals surface area contributed by atoms with Crippen molar-refractivity contribution in [1.29, 1.82) is 0 Å². The Morgan fingerprint density at radius 1 is 1.67 bits per heavy atom. The Balaban J connectivity index is 1.82. The summed E-state index contributed by atoms with van der Waals surface area (Å²) in [6.45, 7) is 4.68. The molecule has 0 aromatic carbocycles. The van der Waals surface area contributed by atoms with Gasteiger partial charge in [-0.05, 0) is 25.8 Å². The van der Waals surface area contributed by atoms with Gasteiger partial charge in [0.1, 0.15) is 0 Å². The number of thiazole rings is 1. The summed E-state index contributed by atoms with van der Waals surface area (Å²) in [7, 11) is 0. The first-order valence-electron chi connectivity index (χ1n) is 5.73. The molecule has 1 atom stereocenters. The zero-order chi connectivity index (χ0) is 10.7. The third-order valence-electron chi connectivity index (χ3n) is 3.19. The van der Waals surface area contributed by atoms with Crippen molar-refractivity contribution in [2.75, 3.05) is 18.8 Å². The molecule has 4 heteroatoms. The lowest BCUT2D eigenvalue weighted by Crippen LogP contribution is -2.30. The lowest BCUT2D eigenvalue weighted by molar-refractivity contribution is 0.251. The number of likely N-dealkylation sites (tertiary alicyclic amines) is 1. The molecule has 1 fully saturated rings. The minimum atomic E-state index is 0.693. The number of nitrogens with two attached hydrogens (primary N) is 1. The second kappa shape index (κ2) is 4.94. The summed E-state index contributed by atoms with van der Waals surface area (Å²) in [6, 6.07) is 0.806. The standard InChI is InChI=1S/C11H19N3S/c1-2-10-4-3-6-14(10)7-5-9-8-15-11(12)13-9/h8,10H,2-7H2,1H3,(H2,12,13). The minimum absolute atomic E-state index is 0.693. The highest BCUT2D eigenvalue weighted by atomic mass is 32.1. The van der Waals surface area contributed by atoms with Crippen LogP contribution in [0.25, 0.3) is 0 Å². The van der Waals surface area contributed by atoms with E-state index in [2.05, 4.69) is 22.2 Å². The third-order valence-corrected chi connectivity index (χ3v) is 3.92. The van der Waals surface area contributed by atoms with Crippen molar-refractivity contribution >= 4 is 16.5 Å². The molecule has 1 aliphatic heterocycles. The molecule has 2 rings (SSSR count). The average molecular weight is 225 g/mol. The zero-order valence-corrected chi connectivity index (χ0v) is 10.1. The van der Waals surface area contributed by atoms with Gasteiger partial charge in [-0.1, -0.05) is 6.92 Å². The van der Waals surface area contributed by atoms with Crippen molar-refractivity contribution in [2.45, 2.75) is 38.6 Å². The fourth-order valence-corrected chi connectivity index (χ4v) is 2.94. The van der Waals surface area contributed by atoms with Crippen LogP contribution in [0.3, 0.4) is 0 Å². The van der Waals surface area contributed by atoms with Gasteiger partial charge < -0.3 is 10.6 Å². The second-order valence-electron chi connectivity index (χ2n) is 4.17. The van der Waals surface area contributed by atoms with Gasteiger partial charge in [0.25, 0.3) is 0 Å². The summed E-state index contributed by atoms with van der Waals surface area (Å²) in [5, 5.41) is 2.77. The Morgan fingerprint density at radius 3 is 3.20 bits per heavy atom. The SMILES string of the molecule is CCC1CCCN1CCc1csc(N)n1. The Bertz CT molecular complexity index is 311. The van der Waals surface area contributed by atoms with E-state index >= 15 is 0 Å². The number of nitrogens with zero attached hydrogens (tertiary/aromatic N) is 2. The molecule has 0 aliphatic carbocycles.